The van der Waals surface area contributed by atoms with E-state index in [0.29, 0.717) is 4.61 Å². The van der Waals surface area contributed by atoms with Crippen molar-refractivity contribution in [1.29, 1.82) is 0 Å². The van der Waals surface area contributed by atoms with Gasteiger partial charge in [-0.25, -0.2) is 0 Å². The minimum Gasteiger partial charge on any atom is -0.479 e. The largest absolute Gasteiger partial charge is 0.479 e. The number of benzene rings is 1. The molecular weight excluding hydrogens is 291 g/mol. The van der Waals surface area contributed by atoms with Gasteiger partial charge in [0.1, 0.15) is 4.61 Å². The summed E-state index contributed by atoms with van der Waals surface area (Å²) in [6, 6.07) is 7.64. The summed E-state index contributed by atoms with van der Waals surface area (Å²) in [7, 11) is 0. The number of hydrogen-bond donors (Lipinski definition) is 0. The first-order chi connectivity index (χ1) is 6.74. The quantitative estimate of drug-likeness (QED) is 0.479. The summed E-state index contributed by atoms with van der Waals surface area (Å²) in [6.45, 7) is 3.98. The van der Waals surface area contributed by atoms with Gasteiger partial charge in [-0.3, -0.25) is 0 Å². The maximum atomic E-state index is 5.46. The highest BCUT2D eigenvalue weighted by atomic mass is 127. The van der Waals surface area contributed by atoms with Crippen molar-refractivity contribution in [3.8, 4) is 11.5 Å². The van der Waals surface area contributed by atoms with Crippen molar-refractivity contribution in [2.24, 2.45) is 0 Å². The van der Waals surface area contributed by atoms with E-state index in [2.05, 4.69) is 22.6 Å². The van der Waals surface area contributed by atoms with Gasteiger partial charge in [0.15, 0.2) is 11.5 Å². The van der Waals surface area contributed by atoms with E-state index in [1.54, 1.807) is 6.26 Å². The summed E-state index contributed by atoms with van der Waals surface area (Å²) < 4.78 is 11.5. The minimum absolute atomic E-state index is 0.618. The molecule has 0 radical (unpaired) electrons. The predicted octanol–water partition coefficient (Wildman–Crippen LogP) is 3.76. The second kappa shape index (κ2) is 5.90. The van der Waals surface area contributed by atoms with Crippen molar-refractivity contribution >= 4 is 22.6 Å². The van der Waals surface area contributed by atoms with Gasteiger partial charge in [-0.15, -0.1) is 0 Å². The maximum Gasteiger partial charge on any atom is 0.168 e. The Balaban J connectivity index is 2.79. The van der Waals surface area contributed by atoms with Crippen molar-refractivity contribution in [3.63, 3.8) is 0 Å². The zero-order valence-corrected chi connectivity index (χ0v) is 10.4. The first kappa shape index (κ1) is 11.4. The number of rotatable bonds is 4. The third-order valence-corrected chi connectivity index (χ3v) is 1.79. The minimum atomic E-state index is 0.618. The first-order valence-electron chi connectivity index (χ1n) is 4.32. The van der Waals surface area contributed by atoms with Gasteiger partial charge in [-0.1, -0.05) is 12.1 Å². The molecule has 0 aliphatic heterocycles. The Morgan fingerprint density at radius 2 is 1.93 bits per heavy atom. The number of para-hydroxylation sites is 2. The molecule has 0 amide bonds. The number of ether oxygens (including phenoxy) is 2. The highest BCUT2D eigenvalue weighted by molar-refractivity contribution is 14.1. The van der Waals surface area contributed by atoms with E-state index in [0.717, 1.165) is 17.1 Å². The van der Waals surface area contributed by atoms with Crippen LogP contribution in [0, 0.1) is 0 Å². The molecule has 0 bridgehead atoms. The van der Waals surface area contributed by atoms with Crippen LogP contribution in [-0.4, -0.2) is 4.61 Å². The van der Waals surface area contributed by atoms with Crippen LogP contribution in [0.4, 0.5) is 0 Å². The third-order valence-electron chi connectivity index (χ3n) is 1.48. The molecule has 0 aliphatic rings. The van der Waals surface area contributed by atoms with E-state index in [1.807, 2.05) is 38.1 Å². The Morgan fingerprint density at radius 3 is 2.50 bits per heavy atom. The summed E-state index contributed by atoms with van der Waals surface area (Å²) in [6.07, 6.45) is 1.72. The van der Waals surface area contributed by atoms with Crippen molar-refractivity contribution in [2.45, 2.75) is 13.8 Å². The molecule has 0 fully saturated rings. The van der Waals surface area contributed by atoms with Gasteiger partial charge in [0.2, 0.25) is 0 Å². The summed E-state index contributed by atoms with van der Waals surface area (Å²) in [5, 5.41) is 0. The molecule has 2 nitrogen and oxygen atoms in total. The number of allylic oxidation sites excluding steroid dienone is 1. The van der Waals surface area contributed by atoms with Crippen molar-refractivity contribution in [1.82, 2.24) is 0 Å². The zero-order valence-electron chi connectivity index (χ0n) is 8.29. The first-order valence-corrected chi connectivity index (χ1v) is 5.84. The lowest BCUT2D eigenvalue weighted by atomic mass is 10.3. The van der Waals surface area contributed by atoms with Crippen LogP contribution < -0.4 is 9.47 Å². The lowest BCUT2D eigenvalue weighted by Gasteiger charge is -2.07. The van der Waals surface area contributed by atoms with Gasteiger partial charge in [0, 0.05) is 0 Å². The summed E-state index contributed by atoms with van der Waals surface area (Å²) >= 11 is 2.16. The Hall–Kier alpha value is -0.710. The molecule has 0 unspecified atom stereocenters. The van der Waals surface area contributed by atoms with Crippen LogP contribution >= 0.6 is 22.6 Å². The standard InChI is InChI=1S/C11H13IO2/c1-9(2)7-13-10-5-3-4-6-11(10)14-8-12/h3-7H,8H2,1-2H3. The Kier molecular flexibility index (Phi) is 4.79. The van der Waals surface area contributed by atoms with Crippen LogP contribution in [0.3, 0.4) is 0 Å². The smallest absolute Gasteiger partial charge is 0.168 e. The molecule has 1 aromatic carbocycles. The van der Waals surface area contributed by atoms with Crippen LogP contribution in [0.5, 0.6) is 11.5 Å². The van der Waals surface area contributed by atoms with Crippen LogP contribution in [0.15, 0.2) is 36.1 Å². The number of alkyl halides is 1. The maximum absolute atomic E-state index is 5.46. The van der Waals surface area contributed by atoms with E-state index in [4.69, 9.17) is 9.47 Å². The average molecular weight is 304 g/mol. The molecular formula is C11H13IO2. The van der Waals surface area contributed by atoms with Gasteiger partial charge in [-0.2, -0.15) is 0 Å². The zero-order chi connectivity index (χ0) is 10.4. The Bertz CT molecular complexity index is 317. The normalized spacial score (nSPS) is 9.36. The molecule has 0 atom stereocenters. The van der Waals surface area contributed by atoms with Gasteiger partial charge < -0.3 is 9.47 Å². The molecule has 3 heteroatoms. The van der Waals surface area contributed by atoms with Gasteiger partial charge in [-0.05, 0) is 54.1 Å². The van der Waals surface area contributed by atoms with Gasteiger partial charge in [0.25, 0.3) is 0 Å². The van der Waals surface area contributed by atoms with E-state index in [9.17, 15) is 0 Å². The van der Waals surface area contributed by atoms with Crippen LogP contribution in [-0.2, 0) is 0 Å². The van der Waals surface area contributed by atoms with Crippen LogP contribution in [0.1, 0.15) is 13.8 Å². The van der Waals surface area contributed by atoms with Crippen molar-refractivity contribution < 1.29 is 9.47 Å². The SMILES string of the molecule is CC(C)=COc1ccccc1OCI. The fourth-order valence-electron chi connectivity index (χ4n) is 0.907. The average Bonchev–Trinajstić information content (AvgIpc) is 2.17. The van der Waals surface area contributed by atoms with E-state index in [1.165, 1.54) is 0 Å². The summed E-state index contributed by atoms with van der Waals surface area (Å²) in [5.74, 6) is 1.53. The molecule has 14 heavy (non-hydrogen) atoms. The Labute approximate surface area is 98.1 Å². The summed E-state index contributed by atoms with van der Waals surface area (Å²) in [5.41, 5.74) is 1.12. The highest BCUT2D eigenvalue weighted by Gasteiger charge is 2.01. The van der Waals surface area contributed by atoms with E-state index >= 15 is 0 Å². The number of hydrogen-bond acceptors (Lipinski definition) is 2. The molecule has 0 heterocycles. The van der Waals surface area contributed by atoms with Crippen LogP contribution in [0.2, 0.25) is 0 Å². The monoisotopic (exact) mass is 304 g/mol. The fourth-order valence-corrected chi connectivity index (χ4v) is 1.24. The molecule has 1 rings (SSSR count). The van der Waals surface area contributed by atoms with Crippen molar-refractivity contribution in [3.05, 3.63) is 36.1 Å². The predicted molar refractivity (Wildman–Crippen MR) is 66.0 cm³/mol. The topological polar surface area (TPSA) is 18.5 Å². The van der Waals surface area contributed by atoms with E-state index < -0.39 is 0 Å². The molecule has 0 spiro atoms. The third kappa shape index (κ3) is 3.57. The van der Waals surface area contributed by atoms with E-state index in [-0.39, 0.29) is 0 Å². The van der Waals surface area contributed by atoms with Crippen LogP contribution in [0.25, 0.3) is 0 Å². The van der Waals surface area contributed by atoms with Crippen molar-refractivity contribution in [2.75, 3.05) is 4.61 Å². The molecule has 0 N–H and O–H groups in total. The molecule has 0 aliphatic carbocycles. The summed E-state index contributed by atoms with van der Waals surface area (Å²) in [4.78, 5) is 0. The molecule has 76 valence electrons. The second-order valence-electron chi connectivity index (χ2n) is 3.01. The lowest BCUT2D eigenvalue weighted by molar-refractivity contribution is 0.370. The molecule has 0 aromatic heterocycles. The molecule has 0 saturated carbocycles. The van der Waals surface area contributed by atoms with Gasteiger partial charge >= 0.3 is 0 Å². The van der Waals surface area contributed by atoms with Gasteiger partial charge in [0.05, 0.1) is 6.26 Å². The molecule has 0 saturated heterocycles. The lowest BCUT2D eigenvalue weighted by Crippen LogP contribution is -1.92. The highest BCUT2D eigenvalue weighted by Crippen LogP contribution is 2.27. The Morgan fingerprint density at radius 1 is 1.29 bits per heavy atom. The fraction of sp³-hybridized carbons (Fsp3) is 0.273. The second-order valence-corrected chi connectivity index (χ2v) is 3.64. The number of halogens is 1. The molecule has 1 aromatic rings.